The molecular formula is C10H12O2. The van der Waals surface area contributed by atoms with Gasteiger partial charge in [-0.05, 0) is 18.1 Å². The molecule has 12 heavy (non-hydrogen) atoms. The Kier molecular flexibility index (Phi) is 3.00. The van der Waals surface area contributed by atoms with Gasteiger partial charge in [-0.3, -0.25) is 4.79 Å². The molecule has 2 nitrogen and oxygen atoms in total. The highest BCUT2D eigenvalue weighted by Gasteiger charge is 2.03. The quantitative estimate of drug-likeness (QED) is 0.693. The normalized spacial score (nSPS) is 12.5. The van der Waals surface area contributed by atoms with E-state index in [-0.39, 0.29) is 0 Å². The lowest BCUT2D eigenvalue weighted by molar-refractivity contribution is 0.112. The fraction of sp³-hybridized carbons (Fsp3) is 0.300. The zero-order valence-corrected chi connectivity index (χ0v) is 7.03. The van der Waals surface area contributed by atoms with Gasteiger partial charge in [-0.15, -0.1) is 0 Å². The van der Waals surface area contributed by atoms with Crippen LogP contribution in [0.1, 0.15) is 35.4 Å². The summed E-state index contributed by atoms with van der Waals surface area (Å²) in [6, 6.07) is 7.03. The molecule has 0 aliphatic heterocycles. The average Bonchev–Trinajstić information content (AvgIpc) is 2.17. The molecule has 0 aliphatic carbocycles. The fourth-order valence-electron chi connectivity index (χ4n) is 1.08. The number of hydrogen-bond acceptors (Lipinski definition) is 2. The third kappa shape index (κ3) is 1.92. The van der Waals surface area contributed by atoms with Gasteiger partial charge in [0, 0.05) is 5.56 Å². The third-order valence-corrected chi connectivity index (χ3v) is 1.82. The van der Waals surface area contributed by atoms with E-state index < -0.39 is 6.10 Å². The monoisotopic (exact) mass is 164 g/mol. The van der Waals surface area contributed by atoms with Gasteiger partial charge in [0.1, 0.15) is 6.29 Å². The summed E-state index contributed by atoms with van der Waals surface area (Å²) < 4.78 is 0. The molecule has 0 unspecified atom stereocenters. The zero-order chi connectivity index (χ0) is 8.97. The lowest BCUT2D eigenvalue weighted by Gasteiger charge is -2.07. The van der Waals surface area contributed by atoms with Gasteiger partial charge in [-0.1, -0.05) is 25.1 Å². The standard InChI is InChI=1S/C10H12O2/c1-2-10(12)9-5-3-4-8(6-9)7-11/h3-7,10,12H,2H2,1H3/t10-/m0/s1. The molecule has 0 bridgehead atoms. The van der Waals surface area contributed by atoms with Crippen molar-refractivity contribution in [3.05, 3.63) is 35.4 Å². The van der Waals surface area contributed by atoms with E-state index in [9.17, 15) is 9.90 Å². The van der Waals surface area contributed by atoms with Crippen LogP contribution in [-0.4, -0.2) is 11.4 Å². The number of aldehydes is 1. The maximum atomic E-state index is 10.4. The molecule has 0 amide bonds. The molecule has 2 heteroatoms. The van der Waals surface area contributed by atoms with E-state index in [1.54, 1.807) is 18.2 Å². The first kappa shape index (κ1) is 8.94. The minimum atomic E-state index is -0.454. The van der Waals surface area contributed by atoms with Crippen molar-refractivity contribution in [2.24, 2.45) is 0 Å². The maximum Gasteiger partial charge on any atom is 0.150 e. The highest BCUT2D eigenvalue weighted by Crippen LogP contribution is 2.16. The summed E-state index contributed by atoms with van der Waals surface area (Å²) in [4.78, 5) is 10.4. The summed E-state index contributed by atoms with van der Waals surface area (Å²) in [5, 5.41) is 9.43. The van der Waals surface area contributed by atoms with Crippen LogP contribution in [0.4, 0.5) is 0 Å². The number of benzene rings is 1. The second kappa shape index (κ2) is 4.02. The molecular weight excluding hydrogens is 152 g/mol. The van der Waals surface area contributed by atoms with Crippen molar-refractivity contribution in [2.45, 2.75) is 19.4 Å². The molecule has 0 aliphatic rings. The Bertz CT molecular complexity index is 268. The Labute approximate surface area is 71.8 Å². The number of aliphatic hydroxyl groups is 1. The van der Waals surface area contributed by atoms with Crippen LogP contribution < -0.4 is 0 Å². The summed E-state index contributed by atoms with van der Waals surface area (Å²) >= 11 is 0. The molecule has 0 radical (unpaired) electrons. The molecule has 64 valence electrons. The highest BCUT2D eigenvalue weighted by atomic mass is 16.3. The van der Waals surface area contributed by atoms with Crippen LogP contribution in [0.15, 0.2) is 24.3 Å². The molecule has 0 saturated carbocycles. The van der Waals surface area contributed by atoms with Crippen molar-refractivity contribution in [3.8, 4) is 0 Å². The molecule has 1 aromatic carbocycles. The van der Waals surface area contributed by atoms with E-state index in [0.717, 1.165) is 11.8 Å². The van der Waals surface area contributed by atoms with Crippen LogP contribution in [0, 0.1) is 0 Å². The van der Waals surface area contributed by atoms with Crippen LogP contribution in [0.2, 0.25) is 0 Å². The first-order valence-corrected chi connectivity index (χ1v) is 4.01. The fourth-order valence-corrected chi connectivity index (χ4v) is 1.08. The van der Waals surface area contributed by atoms with E-state index >= 15 is 0 Å². The molecule has 0 fully saturated rings. The predicted molar refractivity (Wildman–Crippen MR) is 47.1 cm³/mol. The smallest absolute Gasteiger partial charge is 0.150 e. The number of hydrogen-bond donors (Lipinski definition) is 1. The Morgan fingerprint density at radius 1 is 1.58 bits per heavy atom. The molecule has 1 aromatic rings. The first-order chi connectivity index (χ1) is 5.77. The Hall–Kier alpha value is -1.15. The van der Waals surface area contributed by atoms with Gasteiger partial charge in [-0.2, -0.15) is 0 Å². The van der Waals surface area contributed by atoms with Gasteiger partial charge in [0.2, 0.25) is 0 Å². The van der Waals surface area contributed by atoms with Gasteiger partial charge < -0.3 is 5.11 Å². The van der Waals surface area contributed by atoms with Gasteiger partial charge in [0.25, 0.3) is 0 Å². The van der Waals surface area contributed by atoms with Crippen LogP contribution in [-0.2, 0) is 0 Å². The van der Waals surface area contributed by atoms with Crippen molar-refractivity contribution >= 4 is 6.29 Å². The highest BCUT2D eigenvalue weighted by molar-refractivity contribution is 5.74. The SMILES string of the molecule is CC[C@H](O)c1cccc(C=O)c1. The van der Waals surface area contributed by atoms with E-state index in [0.29, 0.717) is 12.0 Å². The first-order valence-electron chi connectivity index (χ1n) is 4.01. The third-order valence-electron chi connectivity index (χ3n) is 1.82. The lowest BCUT2D eigenvalue weighted by atomic mass is 10.1. The summed E-state index contributed by atoms with van der Waals surface area (Å²) in [6.45, 7) is 1.90. The van der Waals surface area contributed by atoms with Gasteiger partial charge in [0.15, 0.2) is 0 Å². The van der Waals surface area contributed by atoms with E-state index in [1.165, 1.54) is 0 Å². The molecule has 1 rings (SSSR count). The Balaban J connectivity index is 2.93. The summed E-state index contributed by atoms with van der Waals surface area (Å²) in [5.74, 6) is 0. The Morgan fingerprint density at radius 2 is 2.33 bits per heavy atom. The van der Waals surface area contributed by atoms with E-state index in [1.807, 2.05) is 13.0 Å². The number of rotatable bonds is 3. The molecule has 0 spiro atoms. The average molecular weight is 164 g/mol. The second-order valence-corrected chi connectivity index (χ2v) is 2.71. The van der Waals surface area contributed by atoms with Crippen molar-refractivity contribution in [1.82, 2.24) is 0 Å². The van der Waals surface area contributed by atoms with Crippen molar-refractivity contribution in [2.75, 3.05) is 0 Å². The second-order valence-electron chi connectivity index (χ2n) is 2.71. The molecule has 0 aromatic heterocycles. The molecule has 1 N–H and O–H groups in total. The summed E-state index contributed by atoms with van der Waals surface area (Å²) in [6.07, 6.45) is 0.999. The topological polar surface area (TPSA) is 37.3 Å². The molecule has 0 heterocycles. The van der Waals surface area contributed by atoms with Crippen LogP contribution >= 0.6 is 0 Å². The van der Waals surface area contributed by atoms with Crippen molar-refractivity contribution < 1.29 is 9.90 Å². The van der Waals surface area contributed by atoms with Crippen LogP contribution in [0.5, 0.6) is 0 Å². The van der Waals surface area contributed by atoms with Crippen molar-refractivity contribution in [1.29, 1.82) is 0 Å². The van der Waals surface area contributed by atoms with Crippen molar-refractivity contribution in [3.63, 3.8) is 0 Å². The summed E-state index contributed by atoms with van der Waals surface area (Å²) in [5.41, 5.74) is 1.42. The Morgan fingerprint density at radius 3 is 2.92 bits per heavy atom. The number of carbonyl (C=O) groups is 1. The van der Waals surface area contributed by atoms with Crippen LogP contribution in [0.25, 0.3) is 0 Å². The predicted octanol–water partition coefficient (Wildman–Crippen LogP) is 1.94. The van der Waals surface area contributed by atoms with Gasteiger partial charge in [-0.25, -0.2) is 0 Å². The number of carbonyl (C=O) groups excluding carboxylic acids is 1. The molecule has 0 saturated heterocycles. The van der Waals surface area contributed by atoms with Crippen LogP contribution in [0.3, 0.4) is 0 Å². The minimum absolute atomic E-state index is 0.454. The lowest BCUT2D eigenvalue weighted by Crippen LogP contribution is -1.95. The largest absolute Gasteiger partial charge is 0.388 e. The number of aliphatic hydroxyl groups excluding tert-OH is 1. The van der Waals surface area contributed by atoms with E-state index in [2.05, 4.69) is 0 Å². The van der Waals surface area contributed by atoms with Gasteiger partial charge in [0.05, 0.1) is 6.10 Å². The minimum Gasteiger partial charge on any atom is -0.388 e. The van der Waals surface area contributed by atoms with E-state index in [4.69, 9.17) is 0 Å². The maximum absolute atomic E-state index is 10.4. The summed E-state index contributed by atoms with van der Waals surface area (Å²) in [7, 11) is 0. The molecule has 1 atom stereocenters. The zero-order valence-electron chi connectivity index (χ0n) is 7.03. The van der Waals surface area contributed by atoms with Gasteiger partial charge >= 0.3 is 0 Å².